The van der Waals surface area contributed by atoms with Crippen molar-refractivity contribution in [2.75, 3.05) is 6.54 Å². The van der Waals surface area contributed by atoms with E-state index in [4.69, 9.17) is 0 Å². The second-order valence-corrected chi connectivity index (χ2v) is 8.98. The summed E-state index contributed by atoms with van der Waals surface area (Å²) < 4.78 is 2.38. The van der Waals surface area contributed by atoms with Crippen LogP contribution in [-0.4, -0.2) is 27.5 Å². The topological polar surface area (TPSA) is 102 Å². The fraction of sp³-hybridized carbons (Fsp3) is 0.241. The molecular weight excluding hydrogens is 468 g/mol. The van der Waals surface area contributed by atoms with E-state index in [0.717, 1.165) is 27.7 Å². The van der Waals surface area contributed by atoms with Crippen molar-refractivity contribution in [2.45, 2.75) is 39.8 Å². The number of fused-ring (bicyclic) bond motifs is 1. The molecule has 3 aromatic carbocycles. The molecule has 8 heteroatoms. The van der Waals surface area contributed by atoms with E-state index in [1.54, 1.807) is 48.5 Å². The summed E-state index contributed by atoms with van der Waals surface area (Å²) >= 11 is 0. The highest BCUT2D eigenvalue weighted by Gasteiger charge is 2.16. The van der Waals surface area contributed by atoms with Crippen LogP contribution in [0, 0.1) is 6.92 Å². The summed E-state index contributed by atoms with van der Waals surface area (Å²) in [4.78, 5) is 51.6. The number of amides is 2. The molecule has 2 amide bonds. The summed E-state index contributed by atoms with van der Waals surface area (Å²) in [5.74, 6) is -0.428. The number of nitrogens with one attached hydrogen (secondary N) is 2. The van der Waals surface area contributed by atoms with Gasteiger partial charge in [-0.15, -0.1) is 0 Å². The van der Waals surface area contributed by atoms with Gasteiger partial charge in [0.1, 0.15) is 6.54 Å². The van der Waals surface area contributed by atoms with Crippen LogP contribution in [0.4, 0.5) is 0 Å². The first-order valence-electron chi connectivity index (χ1n) is 12.3. The highest BCUT2D eigenvalue weighted by molar-refractivity contribution is 5.82. The van der Waals surface area contributed by atoms with Gasteiger partial charge < -0.3 is 10.6 Å². The molecule has 8 nitrogen and oxygen atoms in total. The summed E-state index contributed by atoms with van der Waals surface area (Å²) in [6.07, 6.45) is 1.06. The van der Waals surface area contributed by atoms with E-state index >= 15 is 0 Å². The Bertz CT molecular complexity index is 1530. The number of hydrogen-bond donors (Lipinski definition) is 2. The standard InChI is InChI=1S/C29H30N4O4/c1-3-16-30-26(34)17-21-12-14-23(15-13-21)33-28(36)24-6-4-5-7-25(24)32(29(33)37)19-27(35)31-18-22-10-8-20(2)9-11-22/h4-15H,3,16-19H2,1-2H3,(H,30,34)(H,31,35). The minimum absolute atomic E-state index is 0.0866. The number of aryl methyl sites for hydroxylation is 1. The quantitative estimate of drug-likeness (QED) is 0.371. The van der Waals surface area contributed by atoms with E-state index in [0.29, 0.717) is 29.7 Å². The molecule has 0 fully saturated rings. The van der Waals surface area contributed by atoms with Gasteiger partial charge in [-0.1, -0.05) is 61.0 Å². The van der Waals surface area contributed by atoms with Gasteiger partial charge in [0.15, 0.2) is 0 Å². The smallest absolute Gasteiger partial charge is 0.336 e. The normalized spacial score (nSPS) is 10.9. The zero-order valence-electron chi connectivity index (χ0n) is 21.0. The van der Waals surface area contributed by atoms with Gasteiger partial charge >= 0.3 is 5.69 Å². The molecule has 1 heterocycles. The number of rotatable bonds is 9. The van der Waals surface area contributed by atoms with Crippen LogP contribution in [0.15, 0.2) is 82.4 Å². The summed E-state index contributed by atoms with van der Waals surface area (Å²) in [5.41, 5.74) is 2.53. The molecule has 190 valence electrons. The third-order valence-corrected chi connectivity index (χ3v) is 6.09. The predicted molar refractivity (Wildman–Crippen MR) is 144 cm³/mol. The van der Waals surface area contributed by atoms with E-state index in [1.807, 2.05) is 38.1 Å². The first-order chi connectivity index (χ1) is 17.9. The third kappa shape index (κ3) is 6.03. The first kappa shape index (κ1) is 25.6. The van der Waals surface area contributed by atoms with Gasteiger partial charge in [0.25, 0.3) is 5.56 Å². The maximum Gasteiger partial charge on any atom is 0.336 e. The lowest BCUT2D eigenvalue weighted by Crippen LogP contribution is -2.41. The Kier molecular flexibility index (Phi) is 7.98. The van der Waals surface area contributed by atoms with Gasteiger partial charge in [-0.25, -0.2) is 9.36 Å². The van der Waals surface area contributed by atoms with Crippen molar-refractivity contribution in [3.05, 3.63) is 110 Å². The van der Waals surface area contributed by atoms with Gasteiger partial charge in [-0.05, 0) is 48.7 Å². The molecule has 4 rings (SSSR count). The highest BCUT2D eigenvalue weighted by Crippen LogP contribution is 2.12. The minimum atomic E-state index is -0.609. The van der Waals surface area contributed by atoms with E-state index < -0.39 is 11.2 Å². The number of carbonyl (C=O) groups is 2. The van der Waals surface area contributed by atoms with E-state index in [-0.39, 0.29) is 24.8 Å². The molecule has 0 aliphatic carbocycles. The van der Waals surface area contributed by atoms with E-state index in [2.05, 4.69) is 10.6 Å². The Morgan fingerprint density at radius 1 is 0.811 bits per heavy atom. The molecule has 0 spiro atoms. The fourth-order valence-corrected chi connectivity index (χ4v) is 4.08. The number of hydrogen-bond acceptors (Lipinski definition) is 4. The van der Waals surface area contributed by atoms with E-state index in [1.165, 1.54) is 4.57 Å². The van der Waals surface area contributed by atoms with Crippen molar-refractivity contribution in [3.8, 4) is 5.69 Å². The fourth-order valence-electron chi connectivity index (χ4n) is 4.08. The molecule has 0 atom stereocenters. The zero-order valence-corrected chi connectivity index (χ0v) is 21.0. The lowest BCUT2D eigenvalue weighted by Gasteiger charge is -2.14. The maximum atomic E-state index is 13.5. The van der Waals surface area contributed by atoms with Crippen LogP contribution in [-0.2, 0) is 29.1 Å². The Hall–Kier alpha value is -4.46. The van der Waals surface area contributed by atoms with Gasteiger partial charge in [0, 0.05) is 13.1 Å². The lowest BCUT2D eigenvalue weighted by atomic mass is 10.1. The van der Waals surface area contributed by atoms with Crippen LogP contribution in [0.3, 0.4) is 0 Å². The molecule has 0 bridgehead atoms. The summed E-state index contributed by atoms with van der Waals surface area (Å²) in [5, 5.41) is 6.01. The van der Waals surface area contributed by atoms with Crippen LogP contribution in [0.5, 0.6) is 0 Å². The van der Waals surface area contributed by atoms with Crippen LogP contribution in [0.25, 0.3) is 16.6 Å². The number of carbonyl (C=O) groups excluding carboxylic acids is 2. The number of aromatic nitrogens is 2. The van der Waals surface area contributed by atoms with E-state index in [9.17, 15) is 19.2 Å². The van der Waals surface area contributed by atoms with Crippen molar-refractivity contribution in [2.24, 2.45) is 0 Å². The molecule has 1 aromatic heterocycles. The summed E-state index contributed by atoms with van der Waals surface area (Å²) in [6, 6.07) is 21.3. The number of benzene rings is 3. The molecule has 0 radical (unpaired) electrons. The Morgan fingerprint density at radius 2 is 1.49 bits per heavy atom. The summed E-state index contributed by atoms with van der Waals surface area (Å²) in [7, 11) is 0. The van der Waals surface area contributed by atoms with Crippen LogP contribution < -0.4 is 21.9 Å². The van der Waals surface area contributed by atoms with Gasteiger partial charge in [0.2, 0.25) is 11.8 Å². The van der Waals surface area contributed by atoms with Crippen LogP contribution in [0.2, 0.25) is 0 Å². The Labute approximate surface area is 214 Å². The predicted octanol–water partition coefficient (Wildman–Crippen LogP) is 2.85. The number of para-hydroxylation sites is 1. The van der Waals surface area contributed by atoms with Crippen molar-refractivity contribution >= 4 is 22.7 Å². The monoisotopic (exact) mass is 498 g/mol. The first-order valence-corrected chi connectivity index (χ1v) is 12.3. The summed E-state index contributed by atoms with van der Waals surface area (Å²) in [6.45, 7) is 4.69. The number of nitrogens with zero attached hydrogens (tertiary/aromatic N) is 2. The third-order valence-electron chi connectivity index (χ3n) is 6.09. The second-order valence-electron chi connectivity index (χ2n) is 8.98. The van der Waals surface area contributed by atoms with Crippen LogP contribution in [0.1, 0.15) is 30.0 Å². The molecule has 0 aliphatic heterocycles. The molecule has 0 aliphatic rings. The molecule has 4 aromatic rings. The zero-order chi connectivity index (χ0) is 26.4. The van der Waals surface area contributed by atoms with Crippen molar-refractivity contribution in [3.63, 3.8) is 0 Å². The molecule has 37 heavy (non-hydrogen) atoms. The van der Waals surface area contributed by atoms with Crippen molar-refractivity contribution < 1.29 is 9.59 Å². The largest absolute Gasteiger partial charge is 0.356 e. The average molecular weight is 499 g/mol. The molecule has 0 saturated heterocycles. The molecular formula is C29H30N4O4. The Morgan fingerprint density at radius 3 is 2.19 bits per heavy atom. The van der Waals surface area contributed by atoms with Crippen molar-refractivity contribution in [1.29, 1.82) is 0 Å². The minimum Gasteiger partial charge on any atom is -0.356 e. The molecule has 0 saturated carbocycles. The average Bonchev–Trinajstić information content (AvgIpc) is 2.90. The van der Waals surface area contributed by atoms with Gasteiger partial charge in [-0.2, -0.15) is 0 Å². The second kappa shape index (κ2) is 11.5. The molecule has 2 N–H and O–H groups in total. The van der Waals surface area contributed by atoms with Crippen molar-refractivity contribution in [1.82, 2.24) is 19.8 Å². The van der Waals surface area contributed by atoms with Gasteiger partial charge in [0.05, 0.1) is 23.0 Å². The highest BCUT2D eigenvalue weighted by atomic mass is 16.2. The SMILES string of the molecule is CCCNC(=O)Cc1ccc(-n2c(=O)c3ccccc3n(CC(=O)NCc3ccc(C)cc3)c2=O)cc1. The molecule has 0 unspecified atom stereocenters. The van der Waals surface area contributed by atoms with Gasteiger partial charge in [-0.3, -0.25) is 19.0 Å². The lowest BCUT2D eigenvalue weighted by molar-refractivity contribution is -0.122. The van der Waals surface area contributed by atoms with Crippen LogP contribution >= 0.6 is 0 Å². The Balaban J connectivity index is 1.63. The maximum absolute atomic E-state index is 13.5.